The summed E-state index contributed by atoms with van der Waals surface area (Å²) in [4.78, 5) is 11.3. The number of aliphatic hydroxyl groups is 1. The van der Waals surface area contributed by atoms with Crippen LogP contribution in [-0.2, 0) is 11.3 Å². The summed E-state index contributed by atoms with van der Waals surface area (Å²) < 4.78 is 14.8. The second kappa shape index (κ2) is 5.73. The van der Waals surface area contributed by atoms with Crippen LogP contribution in [0, 0.1) is 5.82 Å². The minimum Gasteiger partial charge on any atom is -0.508 e. The van der Waals surface area contributed by atoms with Gasteiger partial charge in [-0.1, -0.05) is 12.1 Å². The van der Waals surface area contributed by atoms with Gasteiger partial charge in [-0.15, -0.1) is 0 Å². The molecule has 0 bridgehead atoms. The van der Waals surface area contributed by atoms with Crippen LogP contribution >= 0.6 is 0 Å². The van der Waals surface area contributed by atoms with Crippen molar-refractivity contribution in [3.05, 3.63) is 65.6 Å². The molecule has 0 aliphatic heterocycles. The van der Waals surface area contributed by atoms with Gasteiger partial charge in [-0.25, -0.2) is 4.39 Å². The third-order valence-corrected chi connectivity index (χ3v) is 3.73. The van der Waals surface area contributed by atoms with Gasteiger partial charge in [0.15, 0.2) is 6.10 Å². The summed E-state index contributed by atoms with van der Waals surface area (Å²) in [6, 6.07) is 10.7. The molecule has 4 N–H and O–H groups in total. The predicted molar refractivity (Wildman–Crippen MR) is 83.3 cm³/mol. The molecule has 118 valence electrons. The van der Waals surface area contributed by atoms with Gasteiger partial charge in [0.1, 0.15) is 11.6 Å². The Morgan fingerprint density at radius 2 is 1.91 bits per heavy atom. The fourth-order valence-corrected chi connectivity index (χ4v) is 2.60. The molecule has 23 heavy (non-hydrogen) atoms. The average molecular weight is 314 g/mol. The Bertz CT molecular complexity index is 871. The fourth-order valence-electron chi connectivity index (χ4n) is 2.60. The summed E-state index contributed by atoms with van der Waals surface area (Å²) in [6.45, 7) is 0.424. The van der Waals surface area contributed by atoms with Gasteiger partial charge in [0, 0.05) is 29.2 Å². The van der Waals surface area contributed by atoms with E-state index in [0.29, 0.717) is 17.5 Å². The molecule has 1 heterocycles. The maximum absolute atomic E-state index is 13.0. The van der Waals surface area contributed by atoms with E-state index in [9.17, 15) is 19.4 Å². The molecule has 3 aromatic rings. The molecule has 0 radical (unpaired) electrons. The van der Waals surface area contributed by atoms with Gasteiger partial charge in [0.05, 0.1) is 0 Å². The lowest BCUT2D eigenvalue weighted by atomic mass is 10.1. The van der Waals surface area contributed by atoms with Crippen molar-refractivity contribution in [3.63, 3.8) is 0 Å². The van der Waals surface area contributed by atoms with Gasteiger partial charge in [0.2, 0.25) is 0 Å². The summed E-state index contributed by atoms with van der Waals surface area (Å²) >= 11 is 0. The number of primary amides is 1. The lowest BCUT2D eigenvalue weighted by molar-refractivity contribution is -0.126. The van der Waals surface area contributed by atoms with E-state index in [0.717, 1.165) is 11.1 Å². The van der Waals surface area contributed by atoms with E-state index in [2.05, 4.69) is 0 Å². The summed E-state index contributed by atoms with van der Waals surface area (Å²) in [6.07, 6.45) is 0.150. The Morgan fingerprint density at radius 1 is 1.22 bits per heavy atom. The Hall–Kier alpha value is -2.86. The van der Waals surface area contributed by atoms with E-state index in [1.807, 2.05) is 4.57 Å². The minimum absolute atomic E-state index is 0.0231. The first-order chi connectivity index (χ1) is 11.0. The number of phenolic OH excluding ortho intramolecular Hbond substituents is 1. The van der Waals surface area contributed by atoms with Crippen LogP contribution in [0.2, 0.25) is 0 Å². The number of phenols is 1. The number of fused-ring (bicyclic) bond motifs is 1. The average Bonchev–Trinajstić information content (AvgIpc) is 2.86. The first kappa shape index (κ1) is 15.1. The van der Waals surface area contributed by atoms with Crippen LogP contribution in [0.4, 0.5) is 4.39 Å². The number of hydrogen-bond donors (Lipinski definition) is 3. The highest BCUT2D eigenvalue weighted by molar-refractivity contribution is 5.91. The maximum atomic E-state index is 13.0. The van der Waals surface area contributed by atoms with Gasteiger partial charge in [-0.05, 0) is 35.9 Å². The Balaban J connectivity index is 2.10. The van der Waals surface area contributed by atoms with E-state index in [-0.39, 0.29) is 11.6 Å². The van der Waals surface area contributed by atoms with E-state index >= 15 is 0 Å². The van der Waals surface area contributed by atoms with Crippen LogP contribution < -0.4 is 5.73 Å². The molecule has 2 aromatic carbocycles. The predicted octanol–water partition coefficient (Wildman–Crippen LogP) is 2.05. The summed E-state index contributed by atoms with van der Waals surface area (Å²) in [7, 11) is 0. The van der Waals surface area contributed by atoms with Crippen molar-refractivity contribution in [2.75, 3.05) is 0 Å². The number of benzene rings is 2. The number of rotatable bonds is 4. The van der Waals surface area contributed by atoms with Crippen molar-refractivity contribution < 1.29 is 19.4 Å². The Labute approximate surface area is 131 Å². The number of aromatic hydroxyl groups is 1. The molecule has 3 rings (SSSR count). The molecule has 0 aliphatic carbocycles. The number of carbonyl (C=O) groups excluding carboxylic acids is 1. The summed E-state index contributed by atoms with van der Waals surface area (Å²) in [5, 5.41) is 20.2. The summed E-state index contributed by atoms with van der Waals surface area (Å²) in [5.41, 5.74) is 7.08. The van der Waals surface area contributed by atoms with Gasteiger partial charge in [-0.2, -0.15) is 0 Å². The monoisotopic (exact) mass is 314 g/mol. The number of aliphatic hydroxyl groups excluding tert-OH is 1. The maximum Gasteiger partial charge on any atom is 0.250 e. The zero-order valence-electron chi connectivity index (χ0n) is 12.1. The number of carbonyl (C=O) groups is 1. The molecular formula is C17H15FN2O3. The zero-order valence-corrected chi connectivity index (χ0v) is 12.1. The second-order valence-electron chi connectivity index (χ2n) is 5.35. The smallest absolute Gasteiger partial charge is 0.250 e. The van der Waals surface area contributed by atoms with Gasteiger partial charge in [0.25, 0.3) is 5.91 Å². The normalized spacial score (nSPS) is 12.4. The van der Waals surface area contributed by atoms with Crippen molar-refractivity contribution in [2.45, 2.75) is 12.6 Å². The number of nitrogens with two attached hydrogens (primary N) is 1. The van der Waals surface area contributed by atoms with Crippen molar-refractivity contribution in [1.29, 1.82) is 0 Å². The van der Waals surface area contributed by atoms with Gasteiger partial charge in [-0.3, -0.25) is 4.79 Å². The third kappa shape index (κ3) is 2.89. The molecule has 0 saturated heterocycles. The molecule has 1 unspecified atom stereocenters. The van der Waals surface area contributed by atoms with Crippen LogP contribution in [0.25, 0.3) is 10.9 Å². The van der Waals surface area contributed by atoms with Crippen LogP contribution in [0.5, 0.6) is 5.75 Å². The van der Waals surface area contributed by atoms with Crippen LogP contribution in [0.15, 0.2) is 48.7 Å². The molecule has 1 aromatic heterocycles. The minimum atomic E-state index is -1.46. The van der Waals surface area contributed by atoms with Gasteiger partial charge >= 0.3 is 0 Å². The fraction of sp³-hybridized carbons (Fsp3) is 0.118. The molecular weight excluding hydrogens is 299 g/mol. The molecule has 6 heteroatoms. The van der Waals surface area contributed by atoms with E-state index < -0.39 is 12.0 Å². The molecule has 0 fully saturated rings. The van der Waals surface area contributed by atoms with Crippen molar-refractivity contribution in [2.24, 2.45) is 5.73 Å². The lowest BCUT2D eigenvalue weighted by Crippen LogP contribution is -2.20. The van der Waals surface area contributed by atoms with Crippen LogP contribution in [0.1, 0.15) is 17.2 Å². The standard InChI is InChI=1S/C17H15FN2O3/c18-11-3-1-10(2-4-11)8-20-9-14(16(22)17(19)23)13-7-12(21)5-6-15(13)20/h1-7,9,16,21-22H,8H2,(H2,19,23). The van der Waals surface area contributed by atoms with E-state index in [1.54, 1.807) is 24.4 Å². The Morgan fingerprint density at radius 3 is 2.57 bits per heavy atom. The van der Waals surface area contributed by atoms with Gasteiger partial charge < -0.3 is 20.5 Å². The summed E-state index contributed by atoms with van der Waals surface area (Å²) in [5.74, 6) is -1.16. The van der Waals surface area contributed by atoms with Crippen LogP contribution in [0.3, 0.4) is 0 Å². The molecule has 1 amide bonds. The van der Waals surface area contributed by atoms with Crippen molar-refractivity contribution >= 4 is 16.8 Å². The SMILES string of the molecule is NC(=O)C(O)c1cn(Cc2ccc(F)cc2)c2ccc(O)cc12. The first-order valence-electron chi connectivity index (χ1n) is 6.99. The van der Waals surface area contributed by atoms with Crippen molar-refractivity contribution in [3.8, 4) is 5.75 Å². The third-order valence-electron chi connectivity index (χ3n) is 3.73. The van der Waals surface area contributed by atoms with Crippen molar-refractivity contribution in [1.82, 2.24) is 4.57 Å². The molecule has 0 aliphatic rings. The highest BCUT2D eigenvalue weighted by atomic mass is 19.1. The first-order valence-corrected chi connectivity index (χ1v) is 6.99. The number of halogens is 1. The molecule has 0 saturated carbocycles. The molecule has 0 spiro atoms. The number of aromatic nitrogens is 1. The largest absolute Gasteiger partial charge is 0.508 e. The topological polar surface area (TPSA) is 88.5 Å². The lowest BCUT2D eigenvalue weighted by Gasteiger charge is -2.05. The highest BCUT2D eigenvalue weighted by Crippen LogP contribution is 2.30. The number of nitrogens with zero attached hydrogens (tertiary/aromatic N) is 1. The quantitative estimate of drug-likeness (QED) is 0.688. The molecule has 1 atom stereocenters. The number of hydrogen-bond acceptors (Lipinski definition) is 3. The second-order valence-corrected chi connectivity index (χ2v) is 5.35. The highest BCUT2D eigenvalue weighted by Gasteiger charge is 2.20. The van der Waals surface area contributed by atoms with E-state index in [4.69, 9.17) is 5.73 Å². The zero-order chi connectivity index (χ0) is 16.6. The number of amides is 1. The molecule has 5 nitrogen and oxygen atoms in total. The van der Waals surface area contributed by atoms with Crippen LogP contribution in [-0.4, -0.2) is 20.7 Å². The Kier molecular flexibility index (Phi) is 3.75. The van der Waals surface area contributed by atoms with E-state index in [1.165, 1.54) is 24.3 Å².